The minimum Gasteiger partial charge on any atom is -0.368 e. The van der Waals surface area contributed by atoms with E-state index in [1.165, 1.54) is 6.33 Å². The van der Waals surface area contributed by atoms with Crippen molar-refractivity contribution in [3.05, 3.63) is 30.1 Å². The maximum absolute atomic E-state index is 12.7. The van der Waals surface area contributed by atoms with Crippen molar-refractivity contribution in [1.82, 2.24) is 25.5 Å². The first-order valence-corrected chi connectivity index (χ1v) is 7.56. The summed E-state index contributed by atoms with van der Waals surface area (Å²) in [5, 5.41) is 17.4. The Bertz CT molecular complexity index is 679. The number of carbonyl (C=O) groups is 1. The molecule has 122 valence electrons. The SMILES string of the molecule is COC1(C(=O)Nc2ccc(C)c(-n3cnnn3)c2)CCNCC1. The van der Waals surface area contributed by atoms with Crippen LogP contribution in [0.15, 0.2) is 24.5 Å². The lowest BCUT2D eigenvalue weighted by molar-refractivity contribution is -0.140. The zero-order chi connectivity index (χ0) is 16.3. The molecule has 1 aromatic heterocycles. The van der Waals surface area contributed by atoms with Gasteiger partial charge in [-0.1, -0.05) is 6.07 Å². The van der Waals surface area contributed by atoms with Gasteiger partial charge >= 0.3 is 0 Å². The summed E-state index contributed by atoms with van der Waals surface area (Å²) in [6, 6.07) is 5.65. The number of tetrazole rings is 1. The van der Waals surface area contributed by atoms with Crippen molar-refractivity contribution in [2.24, 2.45) is 0 Å². The van der Waals surface area contributed by atoms with Gasteiger partial charge in [-0.05, 0) is 61.0 Å². The second kappa shape index (κ2) is 6.43. The highest BCUT2D eigenvalue weighted by molar-refractivity contribution is 5.97. The maximum Gasteiger partial charge on any atom is 0.256 e. The van der Waals surface area contributed by atoms with Crippen molar-refractivity contribution in [3.8, 4) is 5.69 Å². The molecule has 2 heterocycles. The lowest BCUT2D eigenvalue weighted by Crippen LogP contribution is -2.51. The van der Waals surface area contributed by atoms with Crippen LogP contribution in [0.5, 0.6) is 0 Å². The highest BCUT2D eigenvalue weighted by Gasteiger charge is 2.39. The Kier molecular flexibility index (Phi) is 4.35. The number of aromatic nitrogens is 4. The van der Waals surface area contributed by atoms with E-state index >= 15 is 0 Å². The van der Waals surface area contributed by atoms with Gasteiger partial charge in [-0.2, -0.15) is 0 Å². The van der Waals surface area contributed by atoms with E-state index in [9.17, 15) is 4.79 Å². The number of ether oxygens (including phenoxy) is 1. The molecule has 23 heavy (non-hydrogen) atoms. The number of rotatable bonds is 4. The molecular formula is C15H20N6O2. The molecule has 1 aliphatic heterocycles. The summed E-state index contributed by atoms with van der Waals surface area (Å²) in [6.45, 7) is 3.50. The molecule has 1 aliphatic rings. The Labute approximate surface area is 134 Å². The average molecular weight is 316 g/mol. The van der Waals surface area contributed by atoms with E-state index < -0.39 is 5.60 Å². The third-order valence-corrected chi connectivity index (χ3v) is 4.28. The van der Waals surface area contributed by atoms with E-state index in [0.29, 0.717) is 18.5 Å². The molecule has 0 radical (unpaired) electrons. The molecule has 1 amide bonds. The largest absolute Gasteiger partial charge is 0.368 e. The number of piperidine rings is 1. The monoisotopic (exact) mass is 316 g/mol. The van der Waals surface area contributed by atoms with Crippen LogP contribution in [-0.4, -0.2) is 51.9 Å². The van der Waals surface area contributed by atoms with Crippen LogP contribution in [0.3, 0.4) is 0 Å². The number of hydrogen-bond acceptors (Lipinski definition) is 6. The number of nitrogens with one attached hydrogen (secondary N) is 2. The molecule has 0 unspecified atom stereocenters. The van der Waals surface area contributed by atoms with E-state index in [0.717, 1.165) is 24.3 Å². The van der Waals surface area contributed by atoms with Gasteiger partial charge in [-0.3, -0.25) is 4.79 Å². The van der Waals surface area contributed by atoms with Crippen LogP contribution in [0, 0.1) is 6.92 Å². The Morgan fingerprint density at radius 3 is 2.83 bits per heavy atom. The van der Waals surface area contributed by atoms with Gasteiger partial charge in [0, 0.05) is 12.8 Å². The van der Waals surface area contributed by atoms with E-state index in [-0.39, 0.29) is 5.91 Å². The fourth-order valence-electron chi connectivity index (χ4n) is 2.81. The van der Waals surface area contributed by atoms with Gasteiger partial charge < -0.3 is 15.4 Å². The molecule has 2 N–H and O–H groups in total. The third kappa shape index (κ3) is 3.08. The van der Waals surface area contributed by atoms with Crippen molar-refractivity contribution in [1.29, 1.82) is 0 Å². The number of methoxy groups -OCH3 is 1. The molecule has 1 saturated heterocycles. The molecule has 1 aromatic carbocycles. The lowest BCUT2D eigenvalue weighted by atomic mass is 9.91. The molecule has 3 rings (SSSR count). The summed E-state index contributed by atoms with van der Waals surface area (Å²) in [7, 11) is 1.59. The fourth-order valence-corrected chi connectivity index (χ4v) is 2.81. The standard InChI is InChI=1S/C15H20N6O2/c1-11-3-4-12(9-13(11)21-10-17-19-20-21)18-14(22)15(23-2)5-7-16-8-6-15/h3-4,9-10,16H,5-8H2,1-2H3,(H,18,22). The first-order chi connectivity index (χ1) is 11.1. The molecule has 0 spiro atoms. The summed E-state index contributed by atoms with van der Waals surface area (Å²) in [5.74, 6) is -0.118. The highest BCUT2D eigenvalue weighted by Crippen LogP contribution is 2.25. The van der Waals surface area contributed by atoms with Gasteiger partial charge in [0.05, 0.1) is 5.69 Å². The zero-order valence-corrected chi connectivity index (χ0v) is 13.2. The number of anilines is 1. The lowest BCUT2D eigenvalue weighted by Gasteiger charge is -2.34. The summed E-state index contributed by atoms with van der Waals surface area (Å²) < 4.78 is 7.12. The van der Waals surface area contributed by atoms with E-state index in [4.69, 9.17) is 4.74 Å². The van der Waals surface area contributed by atoms with Crippen LogP contribution in [-0.2, 0) is 9.53 Å². The summed E-state index contributed by atoms with van der Waals surface area (Å²) in [5.41, 5.74) is 1.76. The van der Waals surface area contributed by atoms with Crippen LogP contribution in [0.25, 0.3) is 5.69 Å². The number of amides is 1. The molecule has 0 bridgehead atoms. The molecule has 0 atom stereocenters. The first kappa shape index (κ1) is 15.6. The predicted molar refractivity (Wildman–Crippen MR) is 84.4 cm³/mol. The second-order valence-electron chi connectivity index (χ2n) is 5.66. The number of nitrogens with zero attached hydrogens (tertiary/aromatic N) is 4. The topological polar surface area (TPSA) is 94.0 Å². The Hall–Kier alpha value is -2.32. The molecule has 8 nitrogen and oxygen atoms in total. The average Bonchev–Trinajstić information content (AvgIpc) is 3.11. The van der Waals surface area contributed by atoms with E-state index in [1.807, 2.05) is 25.1 Å². The van der Waals surface area contributed by atoms with Gasteiger partial charge in [0.1, 0.15) is 11.9 Å². The minimum absolute atomic E-state index is 0.118. The van der Waals surface area contributed by atoms with Crippen LogP contribution >= 0.6 is 0 Å². The summed E-state index contributed by atoms with van der Waals surface area (Å²) >= 11 is 0. The molecule has 0 saturated carbocycles. The van der Waals surface area contributed by atoms with Crippen molar-refractivity contribution in [2.45, 2.75) is 25.4 Å². The molecule has 1 fully saturated rings. The molecule has 0 aliphatic carbocycles. The van der Waals surface area contributed by atoms with Crippen LogP contribution in [0.4, 0.5) is 5.69 Å². The van der Waals surface area contributed by atoms with Crippen LogP contribution in [0.2, 0.25) is 0 Å². The van der Waals surface area contributed by atoms with Gasteiger partial charge in [-0.15, -0.1) is 5.10 Å². The number of benzene rings is 1. The zero-order valence-electron chi connectivity index (χ0n) is 13.2. The molecular weight excluding hydrogens is 296 g/mol. The van der Waals surface area contributed by atoms with E-state index in [2.05, 4.69) is 26.2 Å². The number of carbonyl (C=O) groups excluding carboxylic acids is 1. The molecule has 8 heteroatoms. The highest BCUT2D eigenvalue weighted by atomic mass is 16.5. The van der Waals surface area contributed by atoms with Crippen molar-refractivity contribution in [3.63, 3.8) is 0 Å². The fraction of sp³-hybridized carbons (Fsp3) is 0.467. The van der Waals surface area contributed by atoms with Gasteiger partial charge in [0.25, 0.3) is 5.91 Å². The molecule has 2 aromatic rings. The minimum atomic E-state index is -0.773. The Balaban J connectivity index is 1.82. The Morgan fingerprint density at radius 1 is 1.39 bits per heavy atom. The van der Waals surface area contributed by atoms with Gasteiger partial charge in [0.15, 0.2) is 0 Å². The second-order valence-corrected chi connectivity index (χ2v) is 5.66. The van der Waals surface area contributed by atoms with Gasteiger partial charge in [0.2, 0.25) is 0 Å². The van der Waals surface area contributed by atoms with Crippen molar-refractivity contribution in [2.75, 3.05) is 25.5 Å². The first-order valence-electron chi connectivity index (χ1n) is 7.56. The smallest absolute Gasteiger partial charge is 0.256 e. The number of aryl methyl sites for hydroxylation is 1. The van der Waals surface area contributed by atoms with Crippen molar-refractivity contribution >= 4 is 11.6 Å². The Morgan fingerprint density at radius 2 is 2.17 bits per heavy atom. The van der Waals surface area contributed by atoms with Crippen molar-refractivity contribution < 1.29 is 9.53 Å². The summed E-state index contributed by atoms with van der Waals surface area (Å²) in [4.78, 5) is 12.7. The number of hydrogen-bond donors (Lipinski definition) is 2. The van der Waals surface area contributed by atoms with Crippen LogP contribution in [0.1, 0.15) is 18.4 Å². The predicted octanol–water partition coefficient (Wildman–Crippen LogP) is 0.678. The van der Waals surface area contributed by atoms with E-state index in [1.54, 1.807) is 11.8 Å². The van der Waals surface area contributed by atoms with Crippen LogP contribution < -0.4 is 10.6 Å². The quantitative estimate of drug-likeness (QED) is 0.861. The normalized spacial score (nSPS) is 17.0. The third-order valence-electron chi connectivity index (χ3n) is 4.28. The van der Waals surface area contributed by atoms with Gasteiger partial charge in [-0.25, -0.2) is 4.68 Å². The maximum atomic E-state index is 12.7. The summed E-state index contributed by atoms with van der Waals surface area (Å²) in [6.07, 6.45) is 2.83.